The summed E-state index contributed by atoms with van der Waals surface area (Å²) in [6.07, 6.45) is 0. The molecule has 1 unspecified atom stereocenters. The van der Waals surface area contributed by atoms with Crippen LogP contribution in [0.15, 0.2) is 41.3 Å². The Morgan fingerprint density at radius 2 is 1.68 bits per heavy atom. The van der Waals surface area contributed by atoms with Crippen molar-refractivity contribution < 1.29 is 4.21 Å². The largest absolute Gasteiger partial charge is 0.398 e. The molecular formula is C14H13Cl2NOS. The molecule has 1 atom stereocenters. The van der Waals surface area contributed by atoms with Gasteiger partial charge in [-0.1, -0.05) is 41.4 Å². The van der Waals surface area contributed by atoms with Gasteiger partial charge in [0.05, 0.1) is 27.1 Å². The van der Waals surface area contributed by atoms with Crippen LogP contribution in [0.25, 0.3) is 0 Å². The van der Waals surface area contributed by atoms with E-state index in [-0.39, 0.29) is 5.75 Å². The predicted molar refractivity (Wildman–Crippen MR) is 82.2 cm³/mol. The van der Waals surface area contributed by atoms with Crippen molar-refractivity contribution in [2.75, 3.05) is 5.73 Å². The van der Waals surface area contributed by atoms with Gasteiger partial charge in [0.1, 0.15) is 0 Å². The zero-order chi connectivity index (χ0) is 14.0. The maximum Gasteiger partial charge on any atom is 0.0623 e. The Kier molecular flexibility index (Phi) is 4.50. The molecular weight excluding hydrogens is 301 g/mol. The second-order valence-corrected chi connectivity index (χ2v) is 6.41. The number of aryl methyl sites for hydroxylation is 1. The quantitative estimate of drug-likeness (QED) is 0.863. The van der Waals surface area contributed by atoms with Gasteiger partial charge in [-0.15, -0.1) is 0 Å². The highest BCUT2D eigenvalue weighted by molar-refractivity contribution is 7.84. The lowest BCUT2D eigenvalue weighted by atomic mass is 10.2. The van der Waals surface area contributed by atoms with Crippen molar-refractivity contribution in [1.29, 1.82) is 0 Å². The van der Waals surface area contributed by atoms with Crippen LogP contribution in [0.2, 0.25) is 10.0 Å². The third-order valence-electron chi connectivity index (χ3n) is 2.87. The maximum absolute atomic E-state index is 12.4. The van der Waals surface area contributed by atoms with E-state index in [0.717, 1.165) is 5.56 Å². The Labute approximate surface area is 125 Å². The normalized spacial score (nSPS) is 12.4. The fourth-order valence-corrected chi connectivity index (χ4v) is 3.79. The molecule has 5 heteroatoms. The van der Waals surface area contributed by atoms with E-state index in [0.29, 0.717) is 26.2 Å². The number of benzene rings is 2. The van der Waals surface area contributed by atoms with Crippen LogP contribution in [-0.4, -0.2) is 4.21 Å². The van der Waals surface area contributed by atoms with Gasteiger partial charge >= 0.3 is 0 Å². The number of hydrogen-bond donors (Lipinski definition) is 1. The first-order valence-electron chi connectivity index (χ1n) is 5.67. The van der Waals surface area contributed by atoms with Crippen LogP contribution >= 0.6 is 23.2 Å². The molecule has 0 aromatic heterocycles. The summed E-state index contributed by atoms with van der Waals surface area (Å²) in [4.78, 5) is 0.621. The molecule has 0 aliphatic heterocycles. The van der Waals surface area contributed by atoms with Gasteiger partial charge in [0.2, 0.25) is 0 Å². The monoisotopic (exact) mass is 313 g/mol. The van der Waals surface area contributed by atoms with Gasteiger partial charge < -0.3 is 5.73 Å². The molecule has 0 bridgehead atoms. The molecule has 0 saturated carbocycles. The summed E-state index contributed by atoms with van der Waals surface area (Å²) >= 11 is 12.2. The number of para-hydroxylation sites is 1. The van der Waals surface area contributed by atoms with E-state index >= 15 is 0 Å². The van der Waals surface area contributed by atoms with Gasteiger partial charge in [-0.05, 0) is 30.7 Å². The number of hydrogen-bond acceptors (Lipinski definition) is 2. The lowest BCUT2D eigenvalue weighted by Gasteiger charge is -2.10. The van der Waals surface area contributed by atoms with Gasteiger partial charge in [0, 0.05) is 15.6 Å². The van der Waals surface area contributed by atoms with Crippen LogP contribution < -0.4 is 5.73 Å². The van der Waals surface area contributed by atoms with E-state index in [1.807, 2.05) is 19.1 Å². The summed E-state index contributed by atoms with van der Waals surface area (Å²) in [5.41, 5.74) is 8.11. The zero-order valence-electron chi connectivity index (χ0n) is 10.3. The van der Waals surface area contributed by atoms with E-state index < -0.39 is 10.8 Å². The number of nitrogens with two attached hydrogens (primary N) is 1. The summed E-state index contributed by atoms with van der Waals surface area (Å²) in [6.45, 7) is 1.89. The molecule has 0 saturated heterocycles. The molecule has 0 radical (unpaired) electrons. The first-order valence-corrected chi connectivity index (χ1v) is 7.74. The summed E-state index contributed by atoms with van der Waals surface area (Å²) in [5, 5.41) is 1.04. The van der Waals surface area contributed by atoms with E-state index in [2.05, 4.69) is 0 Å². The fraction of sp³-hybridized carbons (Fsp3) is 0.143. The second kappa shape index (κ2) is 5.95. The SMILES string of the molecule is Cc1cccc(S(=O)Cc2c(Cl)cccc2Cl)c1N. The lowest BCUT2D eigenvalue weighted by Crippen LogP contribution is -2.03. The van der Waals surface area contributed by atoms with Gasteiger partial charge in [-0.3, -0.25) is 4.21 Å². The van der Waals surface area contributed by atoms with Crippen molar-refractivity contribution in [2.24, 2.45) is 0 Å². The molecule has 0 aliphatic rings. The summed E-state index contributed by atoms with van der Waals surface area (Å²) < 4.78 is 12.4. The maximum atomic E-state index is 12.4. The Balaban J connectivity index is 2.34. The second-order valence-electron chi connectivity index (χ2n) is 4.18. The minimum Gasteiger partial charge on any atom is -0.398 e. The van der Waals surface area contributed by atoms with Crippen LogP contribution in [0.5, 0.6) is 0 Å². The molecule has 0 fully saturated rings. The molecule has 2 nitrogen and oxygen atoms in total. The topological polar surface area (TPSA) is 43.1 Å². The summed E-state index contributed by atoms with van der Waals surface area (Å²) in [5.74, 6) is 0.256. The predicted octanol–water partition coefficient (Wildman–Crippen LogP) is 4.19. The summed E-state index contributed by atoms with van der Waals surface area (Å²) in [7, 11) is -1.27. The standard InChI is InChI=1S/C14H13Cl2NOS/c1-9-4-2-7-13(14(9)17)19(18)8-10-11(15)5-3-6-12(10)16/h2-7H,8,17H2,1H3. The Hall–Kier alpha value is -1.03. The van der Waals surface area contributed by atoms with Crippen LogP contribution in [0.3, 0.4) is 0 Å². The third-order valence-corrected chi connectivity index (χ3v) is 4.97. The number of halogens is 2. The number of anilines is 1. The molecule has 0 spiro atoms. The minimum atomic E-state index is -1.27. The van der Waals surface area contributed by atoms with Crippen LogP contribution in [0, 0.1) is 6.92 Å². The van der Waals surface area contributed by atoms with Crippen molar-refractivity contribution in [3.05, 3.63) is 57.6 Å². The molecule has 0 amide bonds. The molecule has 0 aliphatic carbocycles. The first-order chi connectivity index (χ1) is 9.00. The van der Waals surface area contributed by atoms with Crippen molar-refractivity contribution >= 4 is 39.7 Å². The number of rotatable bonds is 3. The molecule has 2 aromatic carbocycles. The number of nitrogen functional groups attached to an aromatic ring is 1. The Morgan fingerprint density at radius 1 is 1.11 bits per heavy atom. The third kappa shape index (κ3) is 3.11. The average Bonchev–Trinajstić information content (AvgIpc) is 2.37. The molecule has 2 rings (SSSR count). The van der Waals surface area contributed by atoms with Crippen LogP contribution in [0.1, 0.15) is 11.1 Å². The Bertz CT molecular complexity index is 623. The zero-order valence-corrected chi connectivity index (χ0v) is 12.6. The van der Waals surface area contributed by atoms with Crippen molar-refractivity contribution in [3.8, 4) is 0 Å². The Morgan fingerprint density at radius 3 is 2.32 bits per heavy atom. The fourth-order valence-electron chi connectivity index (χ4n) is 1.73. The van der Waals surface area contributed by atoms with E-state index in [1.54, 1.807) is 24.3 Å². The first kappa shape index (κ1) is 14.4. The molecule has 100 valence electrons. The van der Waals surface area contributed by atoms with Gasteiger partial charge in [-0.25, -0.2) is 0 Å². The highest BCUT2D eigenvalue weighted by Crippen LogP contribution is 2.29. The van der Waals surface area contributed by atoms with Gasteiger partial charge in [0.25, 0.3) is 0 Å². The van der Waals surface area contributed by atoms with E-state index in [1.165, 1.54) is 0 Å². The van der Waals surface area contributed by atoms with E-state index in [9.17, 15) is 4.21 Å². The highest BCUT2D eigenvalue weighted by atomic mass is 35.5. The van der Waals surface area contributed by atoms with E-state index in [4.69, 9.17) is 28.9 Å². The molecule has 2 N–H and O–H groups in total. The molecule has 0 heterocycles. The van der Waals surface area contributed by atoms with Crippen molar-refractivity contribution in [3.63, 3.8) is 0 Å². The summed E-state index contributed by atoms with van der Waals surface area (Å²) in [6, 6.07) is 10.7. The minimum absolute atomic E-state index is 0.256. The van der Waals surface area contributed by atoms with Crippen LogP contribution in [0.4, 0.5) is 5.69 Å². The molecule has 19 heavy (non-hydrogen) atoms. The average molecular weight is 314 g/mol. The van der Waals surface area contributed by atoms with Gasteiger partial charge in [-0.2, -0.15) is 0 Å². The van der Waals surface area contributed by atoms with Crippen molar-refractivity contribution in [1.82, 2.24) is 0 Å². The lowest BCUT2D eigenvalue weighted by molar-refractivity contribution is 0.683. The molecule has 2 aromatic rings. The van der Waals surface area contributed by atoms with Crippen LogP contribution in [-0.2, 0) is 16.6 Å². The smallest absolute Gasteiger partial charge is 0.0623 e. The highest BCUT2D eigenvalue weighted by Gasteiger charge is 2.14. The van der Waals surface area contributed by atoms with Gasteiger partial charge in [0.15, 0.2) is 0 Å². The van der Waals surface area contributed by atoms with Crippen molar-refractivity contribution in [2.45, 2.75) is 17.6 Å².